The molecule has 47 heavy (non-hydrogen) atoms. The monoisotopic (exact) mass is 651 g/mol. The van der Waals surface area contributed by atoms with Crippen molar-refractivity contribution < 1.29 is 38.5 Å². The molecule has 3 amide bonds. The number of allylic oxidation sites excluding steroid dienone is 1. The molecule has 1 aromatic rings. The number of benzene rings is 1. The molecule has 0 aromatic heterocycles. The van der Waals surface area contributed by atoms with Crippen LogP contribution in [0.4, 0.5) is 0 Å². The van der Waals surface area contributed by atoms with Crippen molar-refractivity contribution >= 4 is 23.7 Å². The molecular weight excluding hydrogens is 602 g/mol. The van der Waals surface area contributed by atoms with E-state index in [1.807, 2.05) is 71.0 Å². The van der Waals surface area contributed by atoms with Gasteiger partial charge in [0, 0.05) is 25.6 Å². The molecule has 11 heteroatoms. The van der Waals surface area contributed by atoms with E-state index in [2.05, 4.69) is 5.32 Å². The lowest BCUT2D eigenvalue weighted by molar-refractivity contribution is -0.163. The molecular formula is C36H49N3O8. The smallest absolute Gasteiger partial charge is 0.313 e. The van der Waals surface area contributed by atoms with Crippen LogP contribution in [0.15, 0.2) is 54.6 Å². The summed E-state index contributed by atoms with van der Waals surface area (Å²) in [6, 6.07) is 6.64. The van der Waals surface area contributed by atoms with Gasteiger partial charge in [-0.25, -0.2) is 0 Å². The molecule has 4 aliphatic heterocycles. The van der Waals surface area contributed by atoms with Gasteiger partial charge in [-0.05, 0) is 45.1 Å². The Morgan fingerprint density at radius 2 is 1.81 bits per heavy atom. The third-order valence-electron chi connectivity index (χ3n) is 9.65. The summed E-state index contributed by atoms with van der Waals surface area (Å²) in [4.78, 5) is 60.2. The number of rotatable bonds is 7. The molecule has 8 atom stereocenters. The number of carbonyl (C=O) groups excluding carboxylic acids is 4. The van der Waals surface area contributed by atoms with Crippen molar-refractivity contribution in [2.75, 3.05) is 26.9 Å². The topological polar surface area (TPSA) is 135 Å². The molecule has 2 saturated heterocycles. The summed E-state index contributed by atoms with van der Waals surface area (Å²) in [5.41, 5.74) is -1.41. The first-order valence-corrected chi connectivity index (χ1v) is 16.6. The average Bonchev–Trinajstić information content (AvgIpc) is 3.40. The maximum absolute atomic E-state index is 14.8. The Labute approximate surface area is 277 Å². The molecule has 0 saturated carbocycles. The van der Waals surface area contributed by atoms with Crippen molar-refractivity contribution in [2.45, 2.75) is 95.4 Å². The van der Waals surface area contributed by atoms with Gasteiger partial charge >= 0.3 is 5.97 Å². The first-order valence-electron chi connectivity index (χ1n) is 16.6. The molecule has 0 bridgehead atoms. The summed E-state index contributed by atoms with van der Waals surface area (Å²) >= 11 is 0. The van der Waals surface area contributed by atoms with E-state index >= 15 is 0 Å². The van der Waals surface area contributed by atoms with Crippen LogP contribution in [-0.4, -0.2) is 101 Å². The van der Waals surface area contributed by atoms with Gasteiger partial charge in [0.1, 0.15) is 23.7 Å². The Kier molecular flexibility index (Phi) is 10.3. The predicted octanol–water partition coefficient (Wildman–Crippen LogP) is 2.94. The van der Waals surface area contributed by atoms with Crippen LogP contribution in [0.1, 0.15) is 65.5 Å². The number of aliphatic hydroxyl groups is 1. The molecule has 4 heterocycles. The van der Waals surface area contributed by atoms with E-state index in [0.29, 0.717) is 24.9 Å². The zero-order valence-electron chi connectivity index (χ0n) is 28.3. The fraction of sp³-hybridized carbons (Fsp3) is 0.611. The maximum Gasteiger partial charge on any atom is 0.313 e. The number of nitrogens with zero attached hydrogens (tertiary/aromatic N) is 2. The normalized spacial score (nSPS) is 32.9. The quantitative estimate of drug-likeness (QED) is 0.340. The number of ether oxygens (including phenoxy) is 3. The fourth-order valence-electron chi connectivity index (χ4n) is 7.65. The minimum atomic E-state index is -1.49. The molecule has 11 nitrogen and oxygen atoms in total. The number of aliphatic hydroxyl groups excluding tert-OH is 1. The molecule has 256 valence electrons. The number of hydrogen-bond acceptors (Lipinski definition) is 8. The lowest BCUT2D eigenvalue weighted by Crippen LogP contribution is -2.60. The molecule has 0 unspecified atom stereocenters. The zero-order chi connectivity index (χ0) is 34.1. The molecule has 4 aliphatic rings. The highest BCUT2D eigenvalue weighted by Gasteiger charge is 2.73. The lowest BCUT2D eigenvalue weighted by atomic mass is 9.77. The van der Waals surface area contributed by atoms with Crippen molar-refractivity contribution in [3.63, 3.8) is 0 Å². The summed E-state index contributed by atoms with van der Waals surface area (Å²) in [5.74, 6) is -3.70. The Morgan fingerprint density at radius 3 is 2.45 bits per heavy atom. The van der Waals surface area contributed by atoms with Crippen molar-refractivity contribution in [1.29, 1.82) is 0 Å². The standard InChI is InChI=1S/C36H49N3O8/c1-22(2)19-24(20-40)39-31-33(43)38(35(3,4)5)18-12-17-36(31)29(32(39)42)28-26(47-36)15-10-11-16-27(41)37-25(21-45-6)30(46-34(28)44)23-13-8-7-9-14-23/h7-10,12-15,17,22,24-26,28-31,40H,11,16,18-21H2,1-6H3,(H,37,41)/b15-10-/t24-,25-,26-,28+,29+,30-,31-,36+/m1/s1. The van der Waals surface area contributed by atoms with Gasteiger partial charge in [0.15, 0.2) is 0 Å². The van der Waals surface area contributed by atoms with Crippen LogP contribution in [-0.2, 0) is 33.4 Å². The maximum atomic E-state index is 14.8. The Morgan fingerprint density at radius 1 is 1.09 bits per heavy atom. The zero-order valence-corrected chi connectivity index (χ0v) is 28.3. The summed E-state index contributed by atoms with van der Waals surface area (Å²) in [6.07, 6.45) is 6.31. The SMILES string of the molecule is COC[C@H]1NC(=O)CC/C=C\[C@H]2O[C@]34C=CCN(C(C)(C)C)C(=O)[C@H]3N([C@@H](CO)CC(C)C)C(=O)[C@@H]4[C@H]2C(=O)O[C@@H]1c1ccccc1. The van der Waals surface area contributed by atoms with E-state index in [0.717, 1.165) is 0 Å². The number of fused-ring (bicyclic) bond motifs is 2. The largest absolute Gasteiger partial charge is 0.455 e. The minimum Gasteiger partial charge on any atom is -0.455 e. The van der Waals surface area contributed by atoms with Crippen LogP contribution in [0.5, 0.6) is 0 Å². The summed E-state index contributed by atoms with van der Waals surface area (Å²) in [7, 11) is 1.51. The average molecular weight is 652 g/mol. The molecule has 2 N–H and O–H groups in total. The summed E-state index contributed by atoms with van der Waals surface area (Å²) in [6.45, 7) is 9.83. The summed E-state index contributed by atoms with van der Waals surface area (Å²) in [5, 5.41) is 13.6. The van der Waals surface area contributed by atoms with Crippen LogP contribution < -0.4 is 5.32 Å². The van der Waals surface area contributed by atoms with Crippen molar-refractivity contribution in [2.24, 2.45) is 17.8 Å². The van der Waals surface area contributed by atoms with Gasteiger partial charge in [-0.2, -0.15) is 0 Å². The Bertz CT molecular complexity index is 1390. The number of methoxy groups -OCH3 is 1. The molecule has 0 aliphatic carbocycles. The second kappa shape index (κ2) is 13.9. The van der Waals surface area contributed by atoms with Crippen LogP contribution >= 0.6 is 0 Å². The minimum absolute atomic E-state index is 0.0778. The second-order valence-corrected chi connectivity index (χ2v) is 14.4. The van der Waals surface area contributed by atoms with Gasteiger partial charge in [-0.3, -0.25) is 19.2 Å². The van der Waals surface area contributed by atoms with Gasteiger partial charge in [0.05, 0.1) is 37.3 Å². The number of nitrogens with one attached hydrogen (secondary N) is 1. The molecule has 2 fully saturated rings. The van der Waals surface area contributed by atoms with E-state index in [1.54, 1.807) is 23.1 Å². The first-order chi connectivity index (χ1) is 22.3. The second-order valence-electron chi connectivity index (χ2n) is 14.4. The van der Waals surface area contributed by atoms with Gasteiger partial charge in [0.2, 0.25) is 17.7 Å². The number of cyclic esters (lactones) is 1. The fourth-order valence-corrected chi connectivity index (χ4v) is 7.65. The van der Waals surface area contributed by atoms with Gasteiger partial charge in [-0.1, -0.05) is 68.5 Å². The number of hydrogen-bond donors (Lipinski definition) is 2. The van der Waals surface area contributed by atoms with E-state index < -0.39 is 65.2 Å². The molecule has 1 aromatic carbocycles. The van der Waals surface area contributed by atoms with Crippen LogP contribution in [0.3, 0.4) is 0 Å². The highest BCUT2D eigenvalue weighted by atomic mass is 16.6. The van der Waals surface area contributed by atoms with E-state index in [1.165, 1.54) is 12.0 Å². The van der Waals surface area contributed by atoms with E-state index in [9.17, 15) is 24.3 Å². The summed E-state index contributed by atoms with van der Waals surface area (Å²) < 4.78 is 18.6. The predicted molar refractivity (Wildman–Crippen MR) is 174 cm³/mol. The van der Waals surface area contributed by atoms with Gasteiger partial charge in [-0.15, -0.1) is 0 Å². The molecule has 5 rings (SSSR count). The number of amides is 3. The van der Waals surface area contributed by atoms with Gasteiger partial charge < -0.3 is 34.4 Å². The highest BCUT2D eigenvalue weighted by molar-refractivity contribution is 5.99. The molecule has 0 radical (unpaired) electrons. The third-order valence-corrected chi connectivity index (χ3v) is 9.65. The van der Waals surface area contributed by atoms with E-state index in [4.69, 9.17) is 14.2 Å². The highest BCUT2D eigenvalue weighted by Crippen LogP contribution is 2.54. The number of likely N-dealkylation sites (tertiary alicyclic amines) is 1. The number of carbonyl (C=O) groups is 4. The van der Waals surface area contributed by atoms with Crippen molar-refractivity contribution in [3.8, 4) is 0 Å². The third kappa shape index (κ3) is 6.62. The Balaban J connectivity index is 1.65. The number of esters is 1. The van der Waals surface area contributed by atoms with Crippen LogP contribution in [0.25, 0.3) is 0 Å². The van der Waals surface area contributed by atoms with Crippen molar-refractivity contribution in [3.05, 3.63) is 60.2 Å². The van der Waals surface area contributed by atoms with Gasteiger partial charge in [0.25, 0.3) is 0 Å². The van der Waals surface area contributed by atoms with Crippen molar-refractivity contribution in [1.82, 2.24) is 15.1 Å². The van der Waals surface area contributed by atoms with Crippen LogP contribution in [0, 0.1) is 17.8 Å². The molecule has 1 spiro atoms. The first kappa shape index (κ1) is 34.8. The van der Waals surface area contributed by atoms with Crippen LogP contribution in [0.2, 0.25) is 0 Å². The van der Waals surface area contributed by atoms with E-state index in [-0.39, 0.29) is 37.4 Å². The Hall–Kier alpha value is -3.54. The lowest BCUT2D eigenvalue weighted by Gasteiger charge is -2.42.